The van der Waals surface area contributed by atoms with Crippen molar-refractivity contribution in [2.45, 2.75) is 19.6 Å². The zero-order chi connectivity index (χ0) is 11.6. The van der Waals surface area contributed by atoms with Crippen LogP contribution < -0.4 is 0 Å². The lowest BCUT2D eigenvalue weighted by molar-refractivity contribution is 1.22. The summed E-state index contributed by atoms with van der Waals surface area (Å²) < 4.78 is 0. The summed E-state index contributed by atoms with van der Waals surface area (Å²) in [5.74, 6) is 3.25. The molecule has 2 nitrogen and oxygen atoms in total. The molecule has 2 rings (SSSR count). The molecule has 0 saturated carbocycles. The Morgan fingerprint density at radius 3 is 2.75 bits per heavy atom. The van der Waals surface area contributed by atoms with Gasteiger partial charge in [-0.3, -0.25) is 0 Å². The molecular weight excluding hydrogens is 212 g/mol. The molecule has 0 saturated heterocycles. The van der Waals surface area contributed by atoms with E-state index in [4.69, 9.17) is 0 Å². The number of hydrogen-bond donors (Lipinski definition) is 0. The zero-order valence-corrected chi connectivity index (χ0v) is 10.8. The summed E-state index contributed by atoms with van der Waals surface area (Å²) in [4.78, 5) is 8.30. The van der Waals surface area contributed by atoms with Gasteiger partial charge >= 0.3 is 0 Å². The first-order valence-electron chi connectivity index (χ1n) is 5.28. The number of nitrogens with zero attached hydrogens (tertiary/aromatic N) is 2. The van der Waals surface area contributed by atoms with Crippen molar-refractivity contribution in [2.24, 2.45) is 0 Å². The van der Waals surface area contributed by atoms with Crippen molar-refractivity contribution in [3.05, 3.63) is 36.3 Å². The summed E-state index contributed by atoms with van der Waals surface area (Å²) in [5, 5.41) is 1.05. The monoisotopic (exact) mass is 226 g/mol. The summed E-state index contributed by atoms with van der Waals surface area (Å²) in [6.07, 6.45) is 3.39. The summed E-state index contributed by atoms with van der Waals surface area (Å²) in [5.41, 5.74) is 5.31. The van der Waals surface area contributed by atoms with Crippen LogP contribution in [0.3, 0.4) is 0 Å². The molecular formula is C13H14N2Si. The van der Waals surface area contributed by atoms with Gasteiger partial charge in [0.2, 0.25) is 0 Å². The average molecular weight is 226 g/mol. The lowest BCUT2D eigenvalue weighted by atomic mass is 10.1. The van der Waals surface area contributed by atoms with E-state index in [0.717, 1.165) is 16.5 Å². The molecule has 2 aromatic rings. The third-order valence-electron chi connectivity index (χ3n) is 2.11. The van der Waals surface area contributed by atoms with E-state index >= 15 is 0 Å². The molecule has 0 amide bonds. The number of aromatic nitrogens is 2. The van der Waals surface area contributed by atoms with E-state index in [2.05, 4.69) is 41.1 Å². The highest BCUT2D eigenvalue weighted by Gasteiger charge is 2.08. The molecule has 16 heavy (non-hydrogen) atoms. The van der Waals surface area contributed by atoms with Crippen LogP contribution in [0.2, 0.25) is 19.6 Å². The number of benzene rings is 1. The smallest absolute Gasteiger partial charge is 0.129 e. The number of hydrogen-bond acceptors (Lipinski definition) is 2. The van der Waals surface area contributed by atoms with E-state index < -0.39 is 8.07 Å². The van der Waals surface area contributed by atoms with Crippen LogP contribution in [0.4, 0.5) is 0 Å². The zero-order valence-electron chi connectivity index (χ0n) is 9.78. The highest BCUT2D eigenvalue weighted by Crippen LogP contribution is 2.13. The molecule has 0 bridgehead atoms. The van der Waals surface area contributed by atoms with Gasteiger partial charge in [0, 0.05) is 11.6 Å². The Hall–Kier alpha value is -1.66. The minimum Gasteiger partial charge on any atom is -0.244 e. The fraction of sp³-hybridized carbons (Fsp3) is 0.231. The Kier molecular flexibility index (Phi) is 2.76. The van der Waals surface area contributed by atoms with Gasteiger partial charge in [-0.25, -0.2) is 9.97 Å². The van der Waals surface area contributed by atoms with Crippen LogP contribution in [0.15, 0.2) is 30.7 Å². The molecule has 0 unspecified atom stereocenters. The van der Waals surface area contributed by atoms with Crippen LogP contribution >= 0.6 is 0 Å². The Morgan fingerprint density at radius 1 is 1.19 bits per heavy atom. The number of fused-ring (bicyclic) bond motifs is 1. The maximum Gasteiger partial charge on any atom is 0.129 e. The molecule has 0 atom stereocenters. The minimum atomic E-state index is -1.33. The van der Waals surface area contributed by atoms with Gasteiger partial charge in [0.25, 0.3) is 0 Å². The summed E-state index contributed by atoms with van der Waals surface area (Å²) in [7, 11) is -1.33. The second-order valence-electron chi connectivity index (χ2n) is 4.77. The highest BCUT2D eigenvalue weighted by molar-refractivity contribution is 6.83. The average Bonchev–Trinajstić information content (AvgIpc) is 2.25. The van der Waals surface area contributed by atoms with Crippen LogP contribution in [0.5, 0.6) is 0 Å². The fourth-order valence-corrected chi connectivity index (χ4v) is 1.88. The van der Waals surface area contributed by atoms with Crippen molar-refractivity contribution in [3.8, 4) is 11.5 Å². The highest BCUT2D eigenvalue weighted by atomic mass is 28.3. The SMILES string of the molecule is C[Si](C)(C)C#Cc1cccc2cncnc12. The predicted molar refractivity (Wildman–Crippen MR) is 69.8 cm³/mol. The fourth-order valence-electron chi connectivity index (χ4n) is 1.37. The Morgan fingerprint density at radius 2 is 2.00 bits per heavy atom. The summed E-state index contributed by atoms with van der Waals surface area (Å²) in [6, 6.07) is 6.03. The standard InChI is InChI=1S/C13H14N2Si/c1-16(2,3)8-7-11-5-4-6-12-9-14-10-15-13(11)12/h4-6,9-10H,1-3H3. The lowest BCUT2D eigenvalue weighted by Crippen LogP contribution is -2.16. The molecule has 1 aromatic heterocycles. The third kappa shape index (κ3) is 2.47. The van der Waals surface area contributed by atoms with Crippen LogP contribution in [0.25, 0.3) is 10.9 Å². The molecule has 0 aliphatic rings. The minimum absolute atomic E-state index is 0.947. The second kappa shape index (κ2) is 4.07. The number of rotatable bonds is 0. The summed E-state index contributed by atoms with van der Waals surface area (Å²) >= 11 is 0. The van der Waals surface area contributed by atoms with Gasteiger partial charge in [0.15, 0.2) is 0 Å². The molecule has 0 spiro atoms. The Bertz CT molecular complexity index is 568. The normalized spacial score (nSPS) is 10.9. The largest absolute Gasteiger partial charge is 0.244 e. The van der Waals surface area contributed by atoms with Gasteiger partial charge in [-0.1, -0.05) is 37.7 Å². The number of para-hydroxylation sites is 1. The van der Waals surface area contributed by atoms with E-state index in [1.54, 1.807) is 6.33 Å². The van der Waals surface area contributed by atoms with Crippen LogP contribution in [0.1, 0.15) is 5.56 Å². The summed E-state index contributed by atoms with van der Waals surface area (Å²) in [6.45, 7) is 6.71. The van der Waals surface area contributed by atoms with Gasteiger partial charge in [0.1, 0.15) is 14.4 Å². The van der Waals surface area contributed by atoms with Crippen molar-refractivity contribution in [1.82, 2.24) is 9.97 Å². The second-order valence-corrected chi connectivity index (χ2v) is 9.52. The quantitative estimate of drug-likeness (QED) is 0.510. The molecule has 1 aromatic carbocycles. The van der Waals surface area contributed by atoms with Crippen molar-refractivity contribution in [2.75, 3.05) is 0 Å². The Labute approximate surface area is 96.8 Å². The predicted octanol–water partition coefficient (Wildman–Crippen LogP) is 2.86. The van der Waals surface area contributed by atoms with Gasteiger partial charge in [-0.05, 0) is 6.07 Å². The first-order valence-corrected chi connectivity index (χ1v) is 8.78. The van der Waals surface area contributed by atoms with Gasteiger partial charge in [0.05, 0.1) is 11.1 Å². The van der Waals surface area contributed by atoms with E-state index in [1.165, 1.54) is 0 Å². The molecule has 3 heteroatoms. The van der Waals surface area contributed by atoms with Gasteiger partial charge in [-0.15, -0.1) is 5.54 Å². The van der Waals surface area contributed by atoms with Gasteiger partial charge in [-0.2, -0.15) is 0 Å². The molecule has 0 N–H and O–H groups in total. The molecule has 0 fully saturated rings. The van der Waals surface area contributed by atoms with Crippen molar-refractivity contribution in [3.63, 3.8) is 0 Å². The molecule has 1 heterocycles. The van der Waals surface area contributed by atoms with Crippen LogP contribution in [-0.2, 0) is 0 Å². The van der Waals surface area contributed by atoms with Crippen molar-refractivity contribution < 1.29 is 0 Å². The van der Waals surface area contributed by atoms with Crippen molar-refractivity contribution in [1.29, 1.82) is 0 Å². The molecule has 0 aliphatic carbocycles. The molecule has 0 radical (unpaired) electrons. The third-order valence-corrected chi connectivity index (χ3v) is 2.98. The maximum absolute atomic E-state index is 4.28. The topological polar surface area (TPSA) is 25.8 Å². The molecule has 0 aliphatic heterocycles. The molecule has 80 valence electrons. The van der Waals surface area contributed by atoms with E-state index in [9.17, 15) is 0 Å². The lowest BCUT2D eigenvalue weighted by Gasteiger charge is -2.04. The first kappa shape index (κ1) is 10.8. The first-order chi connectivity index (χ1) is 7.56. The van der Waals surface area contributed by atoms with Crippen molar-refractivity contribution >= 4 is 19.0 Å². The Balaban J connectivity index is 2.56. The van der Waals surface area contributed by atoms with E-state index in [0.29, 0.717) is 0 Å². The van der Waals surface area contributed by atoms with Crippen LogP contribution in [0, 0.1) is 11.5 Å². The van der Waals surface area contributed by atoms with E-state index in [1.807, 2.05) is 24.4 Å². The van der Waals surface area contributed by atoms with E-state index in [-0.39, 0.29) is 0 Å². The van der Waals surface area contributed by atoms with Gasteiger partial charge < -0.3 is 0 Å². The van der Waals surface area contributed by atoms with Crippen LogP contribution in [-0.4, -0.2) is 18.0 Å². The maximum atomic E-state index is 4.28.